The minimum atomic E-state index is -0.103. The molecule has 1 N–H and O–H groups in total. The zero-order valence-electron chi connectivity index (χ0n) is 7.46. The Morgan fingerprint density at radius 1 is 1.36 bits per heavy atom. The maximum Gasteiger partial charge on any atom is 0.0571 e. The molecule has 4 unspecified atom stereocenters. The molecule has 0 aliphatic heterocycles. The van der Waals surface area contributed by atoms with Gasteiger partial charge in [0, 0.05) is 0 Å². The average Bonchev–Trinajstić information content (AvgIpc) is 1.99. The molecule has 1 nitrogen and oxygen atoms in total. The van der Waals surface area contributed by atoms with E-state index in [2.05, 4.69) is 20.4 Å². The highest BCUT2D eigenvalue weighted by Crippen LogP contribution is 2.34. The minimum absolute atomic E-state index is 0.103. The number of aliphatic hydroxyl groups is 1. The first kappa shape index (κ1) is 8.79. The Bertz CT molecular complexity index is 142. The van der Waals surface area contributed by atoms with E-state index in [0.717, 1.165) is 12.8 Å². The Labute approximate surface area is 69.1 Å². The first-order chi connectivity index (χ1) is 5.16. The number of allylic oxidation sites excluding steroid dienone is 1. The van der Waals surface area contributed by atoms with E-state index in [9.17, 15) is 5.11 Å². The molecular weight excluding hydrogens is 136 g/mol. The average molecular weight is 154 g/mol. The first-order valence-corrected chi connectivity index (χ1v) is 4.47. The third kappa shape index (κ3) is 1.64. The molecular formula is C10H18O. The van der Waals surface area contributed by atoms with Crippen molar-refractivity contribution < 1.29 is 5.11 Å². The lowest BCUT2D eigenvalue weighted by Gasteiger charge is -2.36. The summed E-state index contributed by atoms with van der Waals surface area (Å²) >= 11 is 0. The molecule has 0 saturated heterocycles. The van der Waals surface area contributed by atoms with Gasteiger partial charge in [-0.2, -0.15) is 0 Å². The highest BCUT2D eigenvalue weighted by atomic mass is 16.3. The fourth-order valence-electron chi connectivity index (χ4n) is 2.11. The van der Waals surface area contributed by atoms with Crippen molar-refractivity contribution in [2.45, 2.75) is 32.8 Å². The van der Waals surface area contributed by atoms with Crippen LogP contribution < -0.4 is 0 Å². The summed E-state index contributed by atoms with van der Waals surface area (Å²) in [6, 6.07) is 0. The van der Waals surface area contributed by atoms with E-state index >= 15 is 0 Å². The molecule has 1 heteroatoms. The topological polar surface area (TPSA) is 20.2 Å². The van der Waals surface area contributed by atoms with E-state index in [0.29, 0.717) is 17.8 Å². The van der Waals surface area contributed by atoms with Crippen LogP contribution in [0.25, 0.3) is 0 Å². The second kappa shape index (κ2) is 3.40. The van der Waals surface area contributed by atoms with Crippen molar-refractivity contribution in [1.29, 1.82) is 0 Å². The second-order valence-corrected chi connectivity index (χ2v) is 3.79. The molecule has 0 spiro atoms. The van der Waals surface area contributed by atoms with E-state index in [4.69, 9.17) is 0 Å². The zero-order chi connectivity index (χ0) is 8.43. The van der Waals surface area contributed by atoms with Crippen LogP contribution in [0, 0.1) is 17.8 Å². The molecule has 0 amide bonds. The Hall–Kier alpha value is -0.300. The van der Waals surface area contributed by atoms with Crippen molar-refractivity contribution >= 4 is 0 Å². The van der Waals surface area contributed by atoms with E-state index in [1.807, 2.05) is 6.08 Å². The van der Waals surface area contributed by atoms with E-state index < -0.39 is 0 Å². The van der Waals surface area contributed by atoms with Gasteiger partial charge in [-0.1, -0.05) is 19.9 Å². The van der Waals surface area contributed by atoms with Gasteiger partial charge in [-0.05, 0) is 30.6 Å². The predicted molar refractivity (Wildman–Crippen MR) is 47.3 cm³/mol. The van der Waals surface area contributed by atoms with Crippen molar-refractivity contribution in [2.75, 3.05) is 0 Å². The zero-order valence-corrected chi connectivity index (χ0v) is 7.46. The van der Waals surface area contributed by atoms with Crippen LogP contribution in [-0.4, -0.2) is 11.2 Å². The van der Waals surface area contributed by atoms with Gasteiger partial charge in [-0.15, -0.1) is 6.58 Å². The molecule has 1 aliphatic carbocycles. The van der Waals surface area contributed by atoms with Gasteiger partial charge in [-0.3, -0.25) is 0 Å². The molecule has 0 heterocycles. The highest BCUT2D eigenvalue weighted by Gasteiger charge is 2.31. The van der Waals surface area contributed by atoms with Crippen LogP contribution >= 0.6 is 0 Å². The summed E-state index contributed by atoms with van der Waals surface area (Å²) in [5.74, 6) is 1.61. The highest BCUT2D eigenvalue weighted by molar-refractivity contribution is 4.92. The van der Waals surface area contributed by atoms with Crippen molar-refractivity contribution in [3.63, 3.8) is 0 Å². The van der Waals surface area contributed by atoms with Gasteiger partial charge in [-0.25, -0.2) is 0 Å². The van der Waals surface area contributed by atoms with Crippen LogP contribution in [0.2, 0.25) is 0 Å². The van der Waals surface area contributed by atoms with E-state index in [1.54, 1.807) is 0 Å². The molecule has 1 aliphatic rings. The Morgan fingerprint density at radius 3 is 2.45 bits per heavy atom. The summed E-state index contributed by atoms with van der Waals surface area (Å²) in [6.45, 7) is 8.17. The quantitative estimate of drug-likeness (QED) is 0.574. The first-order valence-electron chi connectivity index (χ1n) is 4.47. The summed E-state index contributed by atoms with van der Waals surface area (Å²) in [5, 5.41) is 9.55. The largest absolute Gasteiger partial charge is 0.393 e. The minimum Gasteiger partial charge on any atom is -0.393 e. The lowest BCUT2D eigenvalue weighted by atomic mass is 9.72. The van der Waals surface area contributed by atoms with Gasteiger partial charge in [0.05, 0.1) is 6.10 Å². The van der Waals surface area contributed by atoms with Crippen molar-refractivity contribution in [3.8, 4) is 0 Å². The van der Waals surface area contributed by atoms with Crippen molar-refractivity contribution in [1.82, 2.24) is 0 Å². The van der Waals surface area contributed by atoms with Crippen LogP contribution in [0.3, 0.4) is 0 Å². The molecule has 0 aromatic rings. The summed E-state index contributed by atoms with van der Waals surface area (Å²) < 4.78 is 0. The van der Waals surface area contributed by atoms with Gasteiger partial charge >= 0.3 is 0 Å². The van der Waals surface area contributed by atoms with Crippen LogP contribution in [0.5, 0.6) is 0 Å². The summed E-state index contributed by atoms with van der Waals surface area (Å²) in [6.07, 6.45) is 4.00. The van der Waals surface area contributed by atoms with Crippen molar-refractivity contribution in [2.24, 2.45) is 17.8 Å². The van der Waals surface area contributed by atoms with E-state index in [1.165, 1.54) is 0 Å². The maximum atomic E-state index is 9.55. The lowest BCUT2D eigenvalue weighted by Crippen LogP contribution is -2.33. The van der Waals surface area contributed by atoms with Crippen molar-refractivity contribution in [3.05, 3.63) is 12.7 Å². The molecule has 0 bridgehead atoms. The second-order valence-electron chi connectivity index (χ2n) is 3.79. The molecule has 64 valence electrons. The number of rotatable bonds is 1. The Morgan fingerprint density at radius 2 is 2.00 bits per heavy atom. The van der Waals surface area contributed by atoms with E-state index in [-0.39, 0.29) is 6.10 Å². The Balaban J connectivity index is 2.62. The molecule has 1 rings (SSSR count). The summed E-state index contributed by atoms with van der Waals surface area (Å²) in [4.78, 5) is 0. The SMILES string of the molecule is C=CC1C(C)CCC(O)C1C. The molecule has 4 atom stereocenters. The van der Waals surface area contributed by atoms with Crippen LogP contribution in [0.1, 0.15) is 26.7 Å². The fourth-order valence-corrected chi connectivity index (χ4v) is 2.11. The number of aliphatic hydroxyl groups excluding tert-OH is 1. The molecule has 0 radical (unpaired) electrons. The van der Waals surface area contributed by atoms with Crippen LogP contribution in [-0.2, 0) is 0 Å². The summed E-state index contributed by atoms with van der Waals surface area (Å²) in [5.41, 5.74) is 0. The molecule has 0 aromatic heterocycles. The summed E-state index contributed by atoms with van der Waals surface area (Å²) in [7, 11) is 0. The van der Waals surface area contributed by atoms with Crippen LogP contribution in [0.4, 0.5) is 0 Å². The number of hydrogen-bond donors (Lipinski definition) is 1. The monoisotopic (exact) mass is 154 g/mol. The Kier molecular flexibility index (Phi) is 2.72. The molecule has 11 heavy (non-hydrogen) atoms. The maximum absolute atomic E-state index is 9.55. The smallest absolute Gasteiger partial charge is 0.0571 e. The normalized spacial score (nSPS) is 45.4. The molecule has 1 fully saturated rings. The third-order valence-electron chi connectivity index (χ3n) is 3.06. The predicted octanol–water partition coefficient (Wildman–Crippen LogP) is 2.22. The van der Waals surface area contributed by atoms with Gasteiger partial charge in [0.2, 0.25) is 0 Å². The van der Waals surface area contributed by atoms with Gasteiger partial charge in [0.1, 0.15) is 0 Å². The molecule has 0 aromatic carbocycles. The fraction of sp³-hybridized carbons (Fsp3) is 0.800. The lowest BCUT2D eigenvalue weighted by molar-refractivity contribution is 0.0336. The number of hydrogen-bond acceptors (Lipinski definition) is 1. The van der Waals surface area contributed by atoms with Crippen LogP contribution in [0.15, 0.2) is 12.7 Å². The third-order valence-corrected chi connectivity index (χ3v) is 3.06. The van der Waals surface area contributed by atoms with Gasteiger partial charge < -0.3 is 5.11 Å². The van der Waals surface area contributed by atoms with Gasteiger partial charge in [0.15, 0.2) is 0 Å². The molecule has 1 saturated carbocycles. The van der Waals surface area contributed by atoms with Gasteiger partial charge in [0.25, 0.3) is 0 Å². The standard InChI is InChI=1S/C10H18O/c1-4-9-7(2)5-6-10(11)8(9)3/h4,7-11H,1,5-6H2,2-3H3.